The third kappa shape index (κ3) is 3.80. The molecule has 0 bridgehead atoms. The average molecular weight is 281 g/mol. The Balaban J connectivity index is 1.81. The number of nitrogens with two attached hydrogens (primary N) is 1. The molecular formula is C11H18F3N3O2. The largest absolute Gasteiger partial charge is 0.401 e. The van der Waals surface area contributed by atoms with Gasteiger partial charge in [-0.1, -0.05) is 0 Å². The van der Waals surface area contributed by atoms with Gasteiger partial charge in [0.2, 0.25) is 5.91 Å². The van der Waals surface area contributed by atoms with Crippen molar-refractivity contribution in [3.05, 3.63) is 0 Å². The second-order valence-corrected chi connectivity index (χ2v) is 5.02. The van der Waals surface area contributed by atoms with Crippen LogP contribution in [0.4, 0.5) is 13.2 Å². The molecule has 2 unspecified atom stereocenters. The van der Waals surface area contributed by atoms with Gasteiger partial charge >= 0.3 is 6.18 Å². The number of amides is 1. The summed E-state index contributed by atoms with van der Waals surface area (Å²) in [4.78, 5) is 15.0. The number of alkyl halides is 3. The number of hydrogen-bond acceptors (Lipinski definition) is 4. The number of hydrogen-bond donors (Lipinski definition) is 1. The first-order valence-electron chi connectivity index (χ1n) is 6.28. The Morgan fingerprint density at radius 3 is 2.32 bits per heavy atom. The monoisotopic (exact) mass is 281 g/mol. The maximum absolute atomic E-state index is 12.2. The fourth-order valence-electron chi connectivity index (χ4n) is 2.44. The van der Waals surface area contributed by atoms with Gasteiger partial charge in [0.25, 0.3) is 0 Å². The Labute approximate surface area is 109 Å². The summed E-state index contributed by atoms with van der Waals surface area (Å²) in [5.41, 5.74) is 5.77. The predicted octanol–water partition coefficient (Wildman–Crippen LogP) is -0.333. The van der Waals surface area contributed by atoms with Crippen LogP contribution in [0, 0.1) is 5.92 Å². The van der Waals surface area contributed by atoms with Gasteiger partial charge in [-0.3, -0.25) is 9.69 Å². The van der Waals surface area contributed by atoms with E-state index in [0.717, 1.165) is 0 Å². The van der Waals surface area contributed by atoms with Crippen molar-refractivity contribution in [1.82, 2.24) is 9.80 Å². The molecule has 2 heterocycles. The maximum Gasteiger partial charge on any atom is 0.401 e. The van der Waals surface area contributed by atoms with E-state index in [1.165, 1.54) is 4.90 Å². The molecule has 19 heavy (non-hydrogen) atoms. The molecule has 0 aliphatic carbocycles. The molecule has 2 atom stereocenters. The minimum absolute atomic E-state index is 0.100. The molecule has 2 aliphatic heterocycles. The lowest BCUT2D eigenvalue weighted by molar-refractivity contribution is -0.152. The third-order valence-corrected chi connectivity index (χ3v) is 3.53. The zero-order chi connectivity index (χ0) is 14.0. The number of halogens is 3. The minimum Gasteiger partial charge on any atom is -0.379 e. The Hall–Kier alpha value is -0.860. The molecule has 0 spiro atoms. The summed E-state index contributed by atoms with van der Waals surface area (Å²) >= 11 is 0. The topological polar surface area (TPSA) is 58.8 Å². The zero-order valence-corrected chi connectivity index (χ0v) is 10.5. The number of ether oxygens (including phenoxy) is 1. The number of piperazine rings is 1. The quantitative estimate of drug-likeness (QED) is 0.753. The summed E-state index contributed by atoms with van der Waals surface area (Å²) < 4.78 is 41.8. The number of carbonyl (C=O) groups is 1. The summed E-state index contributed by atoms with van der Waals surface area (Å²) in [6.45, 7) is 0.882. The molecule has 0 aromatic heterocycles. The standard InChI is InChI=1S/C11H18F3N3O2/c12-11(13,14)7-16-1-3-17(4-2-16)10(18)8-5-19-6-9(8)15/h8-9H,1-7,15H2. The SMILES string of the molecule is NC1COCC1C(=O)N1CCN(CC(F)(F)F)CC1. The average Bonchev–Trinajstić information content (AvgIpc) is 2.73. The lowest BCUT2D eigenvalue weighted by Gasteiger charge is -2.36. The summed E-state index contributed by atoms with van der Waals surface area (Å²) in [5, 5.41) is 0. The summed E-state index contributed by atoms with van der Waals surface area (Å²) in [7, 11) is 0. The smallest absolute Gasteiger partial charge is 0.379 e. The highest BCUT2D eigenvalue weighted by Crippen LogP contribution is 2.19. The fraction of sp³-hybridized carbons (Fsp3) is 0.909. The van der Waals surface area contributed by atoms with E-state index in [1.807, 2.05) is 0 Å². The number of carbonyl (C=O) groups excluding carboxylic acids is 1. The van der Waals surface area contributed by atoms with Crippen LogP contribution in [-0.4, -0.2) is 73.9 Å². The molecule has 1 amide bonds. The van der Waals surface area contributed by atoms with Crippen molar-refractivity contribution in [2.24, 2.45) is 11.7 Å². The Morgan fingerprint density at radius 2 is 1.84 bits per heavy atom. The van der Waals surface area contributed by atoms with Gasteiger partial charge in [0.05, 0.1) is 25.7 Å². The van der Waals surface area contributed by atoms with E-state index < -0.39 is 12.7 Å². The van der Waals surface area contributed by atoms with Crippen molar-refractivity contribution in [2.45, 2.75) is 12.2 Å². The van der Waals surface area contributed by atoms with Gasteiger partial charge in [-0.05, 0) is 0 Å². The Morgan fingerprint density at radius 1 is 1.21 bits per heavy atom. The molecule has 0 aromatic rings. The van der Waals surface area contributed by atoms with Crippen molar-refractivity contribution >= 4 is 5.91 Å². The van der Waals surface area contributed by atoms with Crippen LogP contribution in [0.3, 0.4) is 0 Å². The van der Waals surface area contributed by atoms with Crippen molar-refractivity contribution in [3.63, 3.8) is 0 Å². The summed E-state index contributed by atoms with van der Waals surface area (Å²) in [6, 6.07) is -0.305. The lowest BCUT2D eigenvalue weighted by Crippen LogP contribution is -2.53. The van der Waals surface area contributed by atoms with Gasteiger partial charge < -0.3 is 15.4 Å². The van der Waals surface area contributed by atoms with E-state index in [1.54, 1.807) is 4.90 Å². The summed E-state index contributed by atoms with van der Waals surface area (Å²) in [6.07, 6.45) is -4.19. The maximum atomic E-state index is 12.2. The van der Waals surface area contributed by atoms with Crippen LogP contribution in [0.5, 0.6) is 0 Å². The van der Waals surface area contributed by atoms with E-state index in [4.69, 9.17) is 10.5 Å². The van der Waals surface area contributed by atoms with E-state index in [-0.39, 0.29) is 31.0 Å². The zero-order valence-electron chi connectivity index (χ0n) is 10.5. The van der Waals surface area contributed by atoms with Crippen molar-refractivity contribution in [3.8, 4) is 0 Å². The first-order valence-corrected chi connectivity index (χ1v) is 6.28. The van der Waals surface area contributed by atoms with Crippen LogP contribution in [0.25, 0.3) is 0 Å². The second-order valence-electron chi connectivity index (χ2n) is 5.02. The van der Waals surface area contributed by atoms with Crippen molar-refractivity contribution in [2.75, 3.05) is 45.9 Å². The van der Waals surface area contributed by atoms with Crippen LogP contribution < -0.4 is 5.73 Å². The number of nitrogens with zero attached hydrogens (tertiary/aromatic N) is 2. The van der Waals surface area contributed by atoms with Gasteiger partial charge in [-0.15, -0.1) is 0 Å². The van der Waals surface area contributed by atoms with Crippen LogP contribution >= 0.6 is 0 Å². The van der Waals surface area contributed by atoms with Gasteiger partial charge in [0.15, 0.2) is 0 Å². The molecule has 2 aliphatic rings. The van der Waals surface area contributed by atoms with Crippen molar-refractivity contribution < 1.29 is 22.7 Å². The van der Waals surface area contributed by atoms with E-state index >= 15 is 0 Å². The highest BCUT2D eigenvalue weighted by atomic mass is 19.4. The van der Waals surface area contributed by atoms with E-state index in [2.05, 4.69) is 0 Å². The highest BCUT2D eigenvalue weighted by Gasteiger charge is 2.37. The van der Waals surface area contributed by atoms with Crippen LogP contribution in [0.15, 0.2) is 0 Å². The Bertz CT molecular complexity index is 330. The molecule has 0 radical (unpaired) electrons. The molecule has 5 nitrogen and oxygen atoms in total. The molecule has 0 saturated carbocycles. The molecule has 2 rings (SSSR count). The van der Waals surface area contributed by atoms with Gasteiger partial charge in [-0.2, -0.15) is 13.2 Å². The predicted molar refractivity (Wildman–Crippen MR) is 61.4 cm³/mol. The van der Waals surface area contributed by atoms with E-state index in [0.29, 0.717) is 26.3 Å². The van der Waals surface area contributed by atoms with Crippen LogP contribution in [0.2, 0.25) is 0 Å². The van der Waals surface area contributed by atoms with E-state index in [9.17, 15) is 18.0 Å². The highest BCUT2D eigenvalue weighted by molar-refractivity contribution is 5.80. The summed E-state index contributed by atoms with van der Waals surface area (Å²) in [5.74, 6) is -0.453. The molecule has 2 saturated heterocycles. The normalized spacial score (nSPS) is 29.8. The molecule has 0 aromatic carbocycles. The minimum atomic E-state index is -4.19. The molecule has 2 fully saturated rings. The van der Waals surface area contributed by atoms with Crippen molar-refractivity contribution in [1.29, 1.82) is 0 Å². The third-order valence-electron chi connectivity index (χ3n) is 3.53. The number of rotatable bonds is 2. The lowest BCUT2D eigenvalue weighted by atomic mass is 10.0. The molecule has 8 heteroatoms. The van der Waals surface area contributed by atoms with Crippen LogP contribution in [-0.2, 0) is 9.53 Å². The van der Waals surface area contributed by atoms with Gasteiger partial charge in [0.1, 0.15) is 0 Å². The van der Waals surface area contributed by atoms with Gasteiger partial charge in [-0.25, -0.2) is 0 Å². The second kappa shape index (κ2) is 5.64. The van der Waals surface area contributed by atoms with Gasteiger partial charge in [0, 0.05) is 32.2 Å². The molecular weight excluding hydrogens is 263 g/mol. The fourth-order valence-corrected chi connectivity index (χ4v) is 2.44. The molecule has 110 valence electrons. The first kappa shape index (κ1) is 14.5. The van der Waals surface area contributed by atoms with Crippen LogP contribution in [0.1, 0.15) is 0 Å². The molecule has 2 N–H and O–H groups in total. The first-order chi connectivity index (χ1) is 8.87. The Kier molecular flexibility index (Phi) is 4.32.